The molecule has 0 aliphatic heterocycles. The van der Waals surface area contributed by atoms with Gasteiger partial charge in [0.2, 0.25) is 0 Å². The number of halogens is 1. The van der Waals surface area contributed by atoms with Crippen molar-refractivity contribution in [2.45, 2.75) is 12.8 Å². The molecule has 1 rings (SSSR count). The van der Waals surface area contributed by atoms with Gasteiger partial charge in [-0.15, -0.1) is 0 Å². The van der Waals surface area contributed by atoms with Crippen molar-refractivity contribution in [2.24, 2.45) is 0 Å². The highest BCUT2D eigenvalue weighted by Crippen LogP contribution is 2.29. The molecule has 0 aliphatic rings. The van der Waals surface area contributed by atoms with Crippen LogP contribution in [-0.2, 0) is 4.79 Å². The summed E-state index contributed by atoms with van der Waals surface area (Å²) >= 11 is 3.30. The summed E-state index contributed by atoms with van der Waals surface area (Å²) in [7, 11) is 1.53. The molecule has 0 fully saturated rings. The maximum atomic E-state index is 10.8. The molecule has 0 heterocycles. The van der Waals surface area contributed by atoms with E-state index in [1.807, 2.05) is 0 Å². The summed E-state index contributed by atoms with van der Waals surface area (Å²) in [6.45, 7) is 1.63. The topological polar surface area (TPSA) is 46.5 Å². The monoisotopic (exact) mass is 258 g/mol. The van der Waals surface area contributed by atoms with Crippen molar-refractivity contribution < 1.29 is 14.6 Å². The number of rotatable bonds is 3. The van der Waals surface area contributed by atoms with Crippen molar-refractivity contribution in [3.05, 3.63) is 28.2 Å². The number of carbonyl (C=O) groups is 1. The Morgan fingerprint density at radius 2 is 2.21 bits per heavy atom. The largest absolute Gasteiger partial charge is 0.496 e. The summed E-state index contributed by atoms with van der Waals surface area (Å²) in [6.07, 6.45) is 0. The van der Waals surface area contributed by atoms with Gasteiger partial charge in [-0.1, -0.05) is 22.0 Å². The molecule has 0 amide bonds. The Bertz CT molecular complexity index is 349. The molecule has 0 radical (unpaired) electrons. The zero-order valence-corrected chi connectivity index (χ0v) is 9.54. The number of hydrogen-bond donors (Lipinski definition) is 1. The first kappa shape index (κ1) is 11.0. The van der Waals surface area contributed by atoms with Crippen molar-refractivity contribution in [3.8, 4) is 5.75 Å². The molecule has 1 atom stereocenters. The van der Waals surface area contributed by atoms with Crippen molar-refractivity contribution in [2.75, 3.05) is 7.11 Å². The summed E-state index contributed by atoms with van der Waals surface area (Å²) < 4.78 is 5.98. The van der Waals surface area contributed by atoms with E-state index in [9.17, 15) is 4.79 Å². The van der Waals surface area contributed by atoms with Gasteiger partial charge in [-0.2, -0.15) is 0 Å². The lowest BCUT2D eigenvalue weighted by Gasteiger charge is -2.11. The Kier molecular flexibility index (Phi) is 3.52. The van der Waals surface area contributed by atoms with Crippen molar-refractivity contribution in [1.82, 2.24) is 0 Å². The molecule has 14 heavy (non-hydrogen) atoms. The van der Waals surface area contributed by atoms with Gasteiger partial charge < -0.3 is 9.84 Å². The van der Waals surface area contributed by atoms with Crippen molar-refractivity contribution in [3.63, 3.8) is 0 Å². The van der Waals surface area contributed by atoms with E-state index in [0.717, 1.165) is 4.47 Å². The lowest BCUT2D eigenvalue weighted by molar-refractivity contribution is -0.138. The van der Waals surface area contributed by atoms with Gasteiger partial charge in [-0.25, -0.2) is 0 Å². The van der Waals surface area contributed by atoms with Crippen LogP contribution in [0, 0.1) is 0 Å². The molecule has 0 aromatic heterocycles. The van der Waals surface area contributed by atoms with E-state index in [-0.39, 0.29) is 0 Å². The minimum Gasteiger partial charge on any atom is -0.496 e. The van der Waals surface area contributed by atoms with E-state index in [2.05, 4.69) is 15.9 Å². The zero-order valence-electron chi connectivity index (χ0n) is 7.95. The van der Waals surface area contributed by atoms with Crippen LogP contribution in [0.2, 0.25) is 0 Å². The third kappa shape index (κ3) is 2.26. The van der Waals surface area contributed by atoms with E-state index < -0.39 is 11.9 Å². The molecule has 3 nitrogen and oxygen atoms in total. The van der Waals surface area contributed by atoms with Gasteiger partial charge in [-0.05, 0) is 19.1 Å². The molecule has 1 aromatic carbocycles. The second-order valence-electron chi connectivity index (χ2n) is 2.95. The van der Waals surface area contributed by atoms with E-state index in [1.165, 1.54) is 7.11 Å². The van der Waals surface area contributed by atoms with Gasteiger partial charge in [0.1, 0.15) is 5.75 Å². The van der Waals surface area contributed by atoms with Crippen LogP contribution in [0.1, 0.15) is 18.4 Å². The highest BCUT2D eigenvalue weighted by Gasteiger charge is 2.17. The molecule has 0 aliphatic carbocycles. The van der Waals surface area contributed by atoms with Crippen LogP contribution in [0.5, 0.6) is 5.75 Å². The second-order valence-corrected chi connectivity index (χ2v) is 3.86. The minimum absolute atomic E-state index is 0.557. The molecule has 0 spiro atoms. The van der Waals surface area contributed by atoms with E-state index >= 15 is 0 Å². The summed E-state index contributed by atoms with van der Waals surface area (Å²) in [5.74, 6) is -0.821. The smallest absolute Gasteiger partial charge is 0.310 e. The predicted octanol–water partition coefficient (Wildman–Crippen LogP) is 2.65. The summed E-state index contributed by atoms with van der Waals surface area (Å²) in [4.78, 5) is 10.8. The maximum absolute atomic E-state index is 10.8. The van der Waals surface area contributed by atoms with E-state index in [0.29, 0.717) is 11.3 Å². The predicted molar refractivity (Wildman–Crippen MR) is 56.7 cm³/mol. The number of methoxy groups -OCH3 is 1. The fourth-order valence-corrected chi connectivity index (χ4v) is 1.52. The van der Waals surface area contributed by atoms with Crippen LogP contribution in [0.25, 0.3) is 0 Å². The van der Waals surface area contributed by atoms with Gasteiger partial charge in [0.25, 0.3) is 0 Å². The first-order chi connectivity index (χ1) is 6.56. The van der Waals surface area contributed by atoms with E-state index in [4.69, 9.17) is 9.84 Å². The van der Waals surface area contributed by atoms with Gasteiger partial charge in [0, 0.05) is 10.0 Å². The zero-order chi connectivity index (χ0) is 10.7. The van der Waals surface area contributed by atoms with Crippen LogP contribution < -0.4 is 4.74 Å². The molecule has 4 heteroatoms. The van der Waals surface area contributed by atoms with Gasteiger partial charge in [0.15, 0.2) is 0 Å². The molecular formula is C10H11BrO3. The van der Waals surface area contributed by atoms with Crippen LogP contribution in [-0.4, -0.2) is 18.2 Å². The summed E-state index contributed by atoms with van der Waals surface area (Å²) in [5.41, 5.74) is 0.684. The molecule has 0 bridgehead atoms. The number of benzene rings is 1. The first-order valence-corrected chi connectivity index (χ1v) is 4.91. The Morgan fingerprint density at radius 1 is 1.57 bits per heavy atom. The lowest BCUT2D eigenvalue weighted by Crippen LogP contribution is -2.08. The molecule has 0 saturated carbocycles. The minimum atomic E-state index is -0.856. The van der Waals surface area contributed by atoms with E-state index in [1.54, 1.807) is 25.1 Å². The quantitative estimate of drug-likeness (QED) is 0.907. The Balaban J connectivity index is 3.13. The first-order valence-electron chi connectivity index (χ1n) is 4.12. The fourth-order valence-electron chi connectivity index (χ4n) is 1.18. The fraction of sp³-hybridized carbons (Fsp3) is 0.300. The SMILES string of the molecule is COc1cc(Br)ccc1C(C)C(=O)O. The summed E-state index contributed by atoms with van der Waals surface area (Å²) in [5, 5.41) is 8.86. The van der Waals surface area contributed by atoms with Gasteiger partial charge in [-0.3, -0.25) is 4.79 Å². The molecular weight excluding hydrogens is 248 g/mol. The molecule has 1 unspecified atom stereocenters. The third-order valence-electron chi connectivity index (χ3n) is 2.03. The van der Waals surface area contributed by atoms with Crippen LogP contribution >= 0.6 is 15.9 Å². The molecule has 76 valence electrons. The second kappa shape index (κ2) is 4.46. The van der Waals surface area contributed by atoms with Crippen LogP contribution in [0.4, 0.5) is 0 Å². The van der Waals surface area contributed by atoms with Gasteiger partial charge >= 0.3 is 5.97 Å². The normalized spacial score (nSPS) is 12.2. The Morgan fingerprint density at radius 3 is 2.71 bits per heavy atom. The average molecular weight is 259 g/mol. The molecule has 0 saturated heterocycles. The standard InChI is InChI=1S/C10H11BrO3/c1-6(10(12)13)8-4-3-7(11)5-9(8)14-2/h3-6H,1-2H3,(H,12,13). The maximum Gasteiger partial charge on any atom is 0.310 e. The Hall–Kier alpha value is -1.03. The van der Waals surface area contributed by atoms with Crippen molar-refractivity contribution >= 4 is 21.9 Å². The number of carboxylic acid groups (broad SMARTS) is 1. The lowest BCUT2D eigenvalue weighted by atomic mass is 10.0. The third-order valence-corrected chi connectivity index (χ3v) is 2.53. The van der Waals surface area contributed by atoms with Crippen LogP contribution in [0.3, 0.4) is 0 Å². The number of hydrogen-bond acceptors (Lipinski definition) is 2. The highest BCUT2D eigenvalue weighted by molar-refractivity contribution is 9.10. The highest BCUT2D eigenvalue weighted by atomic mass is 79.9. The average Bonchev–Trinajstić information content (AvgIpc) is 2.16. The number of carboxylic acids is 1. The van der Waals surface area contributed by atoms with Gasteiger partial charge in [0.05, 0.1) is 13.0 Å². The number of aliphatic carboxylic acids is 1. The van der Waals surface area contributed by atoms with Crippen LogP contribution in [0.15, 0.2) is 22.7 Å². The summed E-state index contributed by atoms with van der Waals surface area (Å²) in [6, 6.07) is 5.31. The van der Waals surface area contributed by atoms with Crippen molar-refractivity contribution in [1.29, 1.82) is 0 Å². The number of ether oxygens (including phenoxy) is 1. The molecule has 1 N–H and O–H groups in total. The Labute approximate surface area is 90.8 Å². The molecule has 1 aromatic rings.